The van der Waals surface area contributed by atoms with E-state index in [1.165, 1.54) is 4.88 Å². The van der Waals surface area contributed by atoms with Crippen LogP contribution in [0.15, 0.2) is 17.5 Å². The van der Waals surface area contributed by atoms with Gasteiger partial charge in [0, 0.05) is 42.8 Å². The molecule has 2 amide bonds. The number of piperidine rings is 1. The van der Waals surface area contributed by atoms with Crippen molar-refractivity contribution in [3.8, 4) is 0 Å². The molecule has 0 spiro atoms. The van der Waals surface area contributed by atoms with E-state index in [0.29, 0.717) is 12.5 Å². The summed E-state index contributed by atoms with van der Waals surface area (Å²) < 4.78 is 0. The second kappa shape index (κ2) is 6.39. The van der Waals surface area contributed by atoms with Crippen molar-refractivity contribution in [2.75, 3.05) is 13.1 Å². The molecule has 20 heavy (non-hydrogen) atoms. The summed E-state index contributed by atoms with van der Waals surface area (Å²) >= 11 is 1.72. The Morgan fingerprint density at radius 3 is 2.70 bits per heavy atom. The highest BCUT2D eigenvalue weighted by molar-refractivity contribution is 7.10. The largest absolute Gasteiger partial charge is 0.351 e. The molecule has 1 fully saturated rings. The third-order valence-electron chi connectivity index (χ3n) is 3.71. The number of likely N-dealkylation sites (tertiary alicyclic amines) is 1. The van der Waals surface area contributed by atoms with Crippen molar-refractivity contribution in [1.29, 1.82) is 0 Å². The Balaban J connectivity index is 2.08. The lowest BCUT2D eigenvalue weighted by molar-refractivity contribution is -0.132. The molecule has 5 heteroatoms. The highest BCUT2D eigenvalue weighted by Crippen LogP contribution is 2.30. The molecule has 2 heterocycles. The zero-order valence-corrected chi connectivity index (χ0v) is 13.1. The second-order valence-corrected chi connectivity index (χ2v) is 6.71. The fourth-order valence-electron chi connectivity index (χ4n) is 2.56. The fraction of sp³-hybridized carbons (Fsp3) is 0.600. The van der Waals surface area contributed by atoms with E-state index < -0.39 is 0 Å². The Morgan fingerprint density at radius 2 is 2.15 bits per heavy atom. The summed E-state index contributed by atoms with van der Waals surface area (Å²) in [6.45, 7) is 6.74. The van der Waals surface area contributed by atoms with Crippen molar-refractivity contribution >= 4 is 23.2 Å². The molecule has 0 saturated carbocycles. The summed E-state index contributed by atoms with van der Waals surface area (Å²) in [5.41, 5.74) is 0. The molecule has 1 aliphatic heterocycles. The molecule has 0 aromatic carbocycles. The van der Waals surface area contributed by atoms with Crippen molar-refractivity contribution in [2.24, 2.45) is 5.92 Å². The molecular weight excluding hydrogens is 272 g/mol. The minimum Gasteiger partial charge on any atom is -0.351 e. The van der Waals surface area contributed by atoms with Crippen LogP contribution in [0.4, 0.5) is 0 Å². The van der Waals surface area contributed by atoms with Crippen LogP contribution in [0.5, 0.6) is 0 Å². The van der Waals surface area contributed by atoms with Crippen LogP contribution in [0, 0.1) is 5.92 Å². The van der Waals surface area contributed by atoms with Gasteiger partial charge in [-0.05, 0) is 17.9 Å². The Kier molecular flexibility index (Phi) is 4.81. The molecule has 1 saturated heterocycles. The summed E-state index contributed by atoms with van der Waals surface area (Å²) in [5, 5.41) is 5.13. The van der Waals surface area contributed by atoms with E-state index >= 15 is 0 Å². The molecule has 2 unspecified atom stereocenters. The van der Waals surface area contributed by atoms with Gasteiger partial charge in [-0.25, -0.2) is 0 Å². The molecule has 110 valence electrons. The second-order valence-electron chi connectivity index (χ2n) is 5.73. The van der Waals surface area contributed by atoms with Gasteiger partial charge in [0.25, 0.3) is 0 Å². The zero-order chi connectivity index (χ0) is 14.7. The van der Waals surface area contributed by atoms with Crippen LogP contribution in [-0.2, 0) is 9.59 Å². The van der Waals surface area contributed by atoms with Gasteiger partial charge in [0.1, 0.15) is 0 Å². The van der Waals surface area contributed by atoms with E-state index in [2.05, 4.69) is 16.8 Å². The molecule has 0 bridgehead atoms. The molecule has 0 aliphatic carbocycles. The van der Waals surface area contributed by atoms with Crippen molar-refractivity contribution < 1.29 is 9.59 Å². The van der Waals surface area contributed by atoms with E-state index in [4.69, 9.17) is 0 Å². The van der Waals surface area contributed by atoms with Crippen molar-refractivity contribution in [1.82, 2.24) is 10.2 Å². The third kappa shape index (κ3) is 3.60. The SMILES string of the molecule is CC(=O)N1CC(NC(=O)C(C)C)CC(c2cccs2)C1. The van der Waals surface area contributed by atoms with E-state index in [1.807, 2.05) is 24.8 Å². The topological polar surface area (TPSA) is 49.4 Å². The van der Waals surface area contributed by atoms with Gasteiger partial charge in [-0.3, -0.25) is 9.59 Å². The van der Waals surface area contributed by atoms with Crippen molar-refractivity contribution in [3.63, 3.8) is 0 Å². The summed E-state index contributed by atoms with van der Waals surface area (Å²) in [6.07, 6.45) is 0.906. The third-order valence-corrected chi connectivity index (χ3v) is 4.75. The maximum atomic E-state index is 11.9. The first kappa shape index (κ1) is 15.0. The average Bonchev–Trinajstić information content (AvgIpc) is 2.92. The molecule has 1 aromatic heterocycles. The summed E-state index contributed by atoms with van der Waals surface area (Å²) in [7, 11) is 0. The molecule has 2 atom stereocenters. The zero-order valence-electron chi connectivity index (χ0n) is 12.3. The maximum Gasteiger partial charge on any atom is 0.222 e. The number of carbonyl (C=O) groups is 2. The summed E-state index contributed by atoms with van der Waals surface area (Å²) in [4.78, 5) is 26.7. The highest BCUT2D eigenvalue weighted by atomic mass is 32.1. The Morgan fingerprint density at radius 1 is 1.40 bits per heavy atom. The number of carbonyl (C=O) groups excluding carboxylic acids is 2. The first-order valence-electron chi connectivity index (χ1n) is 7.06. The molecule has 0 radical (unpaired) electrons. The van der Waals surface area contributed by atoms with E-state index in [-0.39, 0.29) is 23.8 Å². The molecule has 1 N–H and O–H groups in total. The minimum atomic E-state index is -0.0251. The van der Waals surface area contributed by atoms with Gasteiger partial charge in [-0.1, -0.05) is 19.9 Å². The molecule has 2 rings (SSSR count). The van der Waals surface area contributed by atoms with Gasteiger partial charge in [-0.2, -0.15) is 0 Å². The summed E-state index contributed by atoms with van der Waals surface area (Å²) in [5.74, 6) is 0.438. The number of amides is 2. The van der Waals surface area contributed by atoms with Crippen LogP contribution >= 0.6 is 11.3 Å². The predicted octanol–water partition coefficient (Wildman–Crippen LogP) is 2.22. The monoisotopic (exact) mass is 294 g/mol. The molecule has 4 nitrogen and oxygen atoms in total. The lowest BCUT2D eigenvalue weighted by Gasteiger charge is -2.37. The lowest BCUT2D eigenvalue weighted by atomic mass is 9.92. The van der Waals surface area contributed by atoms with Crippen LogP contribution < -0.4 is 5.32 Å². The Bertz CT molecular complexity index is 470. The predicted molar refractivity (Wildman–Crippen MR) is 80.7 cm³/mol. The highest BCUT2D eigenvalue weighted by Gasteiger charge is 2.31. The first-order valence-corrected chi connectivity index (χ1v) is 7.94. The van der Waals surface area contributed by atoms with Crippen LogP contribution in [0.25, 0.3) is 0 Å². The molecule has 1 aromatic rings. The smallest absolute Gasteiger partial charge is 0.222 e. The first-order chi connectivity index (χ1) is 9.47. The van der Waals surface area contributed by atoms with Crippen molar-refractivity contribution in [3.05, 3.63) is 22.4 Å². The average molecular weight is 294 g/mol. The van der Waals surface area contributed by atoms with Crippen LogP contribution in [-0.4, -0.2) is 35.8 Å². The van der Waals surface area contributed by atoms with Crippen LogP contribution in [0.2, 0.25) is 0 Å². The van der Waals surface area contributed by atoms with Gasteiger partial charge < -0.3 is 10.2 Å². The van der Waals surface area contributed by atoms with Gasteiger partial charge >= 0.3 is 0 Å². The maximum absolute atomic E-state index is 11.9. The van der Waals surface area contributed by atoms with E-state index in [9.17, 15) is 9.59 Å². The number of nitrogens with zero attached hydrogens (tertiary/aromatic N) is 1. The van der Waals surface area contributed by atoms with Crippen LogP contribution in [0.1, 0.15) is 38.0 Å². The Labute approximate surface area is 124 Å². The standard InChI is InChI=1S/C15H22N2O2S/c1-10(2)15(19)16-13-7-12(14-5-4-6-20-14)8-17(9-13)11(3)18/h4-6,10,12-13H,7-9H2,1-3H3,(H,16,19). The number of nitrogens with one attached hydrogen (secondary N) is 1. The van der Waals surface area contributed by atoms with Crippen molar-refractivity contribution in [2.45, 2.75) is 39.2 Å². The number of hydrogen-bond donors (Lipinski definition) is 1. The molecular formula is C15H22N2O2S. The van der Waals surface area contributed by atoms with Gasteiger partial charge in [0.2, 0.25) is 11.8 Å². The summed E-state index contributed by atoms with van der Waals surface area (Å²) in [6, 6.07) is 4.20. The van der Waals surface area contributed by atoms with E-state index in [0.717, 1.165) is 13.0 Å². The normalized spacial score (nSPS) is 22.9. The number of rotatable bonds is 3. The van der Waals surface area contributed by atoms with Crippen LogP contribution in [0.3, 0.4) is 0 Å². The number of thiophene rings is 1. The quantitative estimate of drug-likeness (QED) is 0.929. The fourth-order valence-corrected chi connectivity index (χ4v) is 3.39. The minimum absolute atomic E-state index is 0.0251. The van der Waals surface area contributed by atoms with Gasteiger partial charge in [-0.15, -0.1) is 11.3 Å². The van der Waals surface area contributed by atoms with Gasteiger partial charge in [0.05, 0.1) is 0 Å². The molecule has 1 aliphatic rings. The number of hydrogen-bond acceptors (Lipinski definition) is 3. The van der Waals surface area contributed by atoms with E-state index in [1.54, 1.807) is 18.3 Å². The lowest BCUT2D eigenvalue weighted by Crippen LogP contribution is -2.52. The Hall–Kier alpha value is -1.36. The van der Waals surface area contributed by atoms with Gasteiger partial charge in [0.15, 0.2) is 0 Å².